The molecule has 0 saturated carbocycles. The third-order valence-electron chi connectivity index (χ3n) is 4.66. The highest BCUT2D eigenvalue weighted by Gasteiger charge is 2.30. The van der Waals surface area contributed by atoms with Gasteiger partial charge in [-0.3, -0.25) is 0 Å². The Balaban J connectivity index is 1.53. The van der Waals surface area contributed by atoms with E-state index in [0.717, 1.165) is 31.0 Å². The Kier molecular flexibility index (Phi) is 4.76. The molecule has 9 heteroatoms. The van der Waals surface area contributed by atoms with Gasteiger partial charge in [0.15, 0.2) is 0 Å². The van der Waals surface area contributed by atoms with Gasteiger partial charge in [-0.2, -0.15) is 18.2 Å². The van der Waals surface area contributed by atoms with Gasteiger partial charge in [-0.15, -0.1) is 0 Å². The molecule has 0 atom stereocenters. The van der Waals surface area contributed by atoms with Gasteiger partial charge in [0.25, 0.3) is 5.89 Å². The minimum Gasteiger partial charge on any atom is -0.393 e. The molecule has 3 aromatic rings. The first-order valence-electron chi connectivity index (χ1n) is 8.81. The fourth-order valence-electron chi connectivity index (χ4n) is 3.09. The van der Waals surface area contributed by atoms with Crippen LogP contribution in [0.5, 0.6) is 0 Å². The van der Waals surface area contributed by atoms with Crippen LogP contribution in [0.3, 0.4) is 0 Å². The average Bonchev–Trinajstić information content (AvgIpc) is 3.18. The number of rotatable bonds is 3. The highest BCUT2D eigenvalue weighted by Crippen LogP contribution is 2.32. The summed E-state index contributed by atoms with van der Waals surface area (Å²) < 4.78 is 43.8. The maximum atomic E-state index is 12.9. The van der Waals surface area contributed by atoms with E-state index in [1.165, 1.54) is 12.1 Å². The summed E-state index contributed by atoms with van der Waals surface area (Å²) in [5, 5.41) is 13.4. The highest BCUT2D eigenvalue weighted by atomic mass is 19.4. The minimum absolute atomic E-state index is 0.0789. The Hall–Kier alpha value is -2.94. The summed E-state index contributed by atoms with van der Waals surface area (Å²) in [6.45, 7) is 1.46. The summed E-state index contributed by atoms with van der Waals surface area (Å²) in [7, 11) is 0. The zero-order valence-corrected chi connectivity index (χ0v) is 14.7. The third-order valence-corrected chi connectivity index (χ3v) is 4.66. The zero-order valence-electron chi connectivity index (χ0n) is 14.7. The number of hydrogen-bond acceptors (Lipinski definition) is 6. The summed E-state index contributed by atoms with van der Waals surface area (Å²) in [6, 6.07) is 8.38. The molecule has 0 aliphatic carbocycles. The first kappa shape index (κ1) is 18.4. The van der Waals surface area contributed by atoms with E-state index < -0.39 is 11.7 Å². The van der Waals surface area contributed by atoms with Gasteiger partial charge in [0.2, 0.25) is 5.82 Å². The van der Waals surface area contributed by atoms with E-state index in [1.54, 1.807) is 12.3 Å². The Morgan fingerprint density at radius 3 is 2.54 bits per heavy atom. The third kappa shape index (κ3) is 3.84. The standard InChI is InChI=1S/C19H17F3N4O2/c20-19(21,22)14-3-1-2-12(10-14)17-24-18(28-25-17)13-4-5-16(23-11-13)26-8-6-15(27)7-9-26/h1-5,10-11,15,27H,6-9H2. The van der Waals surface area contributed by atoms with Crippen LogP contribution >= 0.6 is 0 Å². The second kappa shape index (κ2) is 7.23. The van der Waals surface area contributed by atoms with E-state index >= 15 is 0 Å². The van der Waals surface area contributed by atoms with E-state index in [9.17, 15) is 18.3 Å². The number of aliphatic hydroxyl groups excluding tert-OH is 1. The molecular weight excluding hydrogens is 373 g/mol. The van der Waals surface area contributed by atoms with Crippen molar-refractivity contribution in [1.29, 1.82) is 0 Å². The van der Waals surface area contributed by atoms with E-state index in [4.69, 9.17) is 4.52 Å². The summed E-state index contributed by atoms with van der Waals surface area (Å²) >= 11 is 0. The van der Waals surface area contributed by atoms with Crippen molar-refractivity contribution >= 4 is 5.82 Å². The second-order valence-corrected chi connectivity index (χ2v) is 6.62. The maximum absolute atomic E-state index is 12.9. The van der Waals surface area contributed by atoms with Crippen molar-refractivity contribution in [3.8, 4) is 22.8 Å². The summed E-state index contributed by atoms with van der Waals surface area (Å²) in [5.41, 5.74) is 0.0295. The molecule has 4 rings (SSSR count). The van der Waals surface area contributed by atoms with Gasteiger partial charge >= 0.3 is 6.18 Å². The molecule has 0 spiro atoms. The molecular formula is C19H17F3N4O2. The number of benzene rings is 1. The molecule has 0 unspecified atom stereocenters. The number of aliphatic hydroxyl groups is 1. The fraction of sp³-hybridized carbons (Fsp3) is 0.316. The molecule has 146 valence electrons. The van der Waals surface area contributed by atoms with Crippen molar-refractivity contribution in [3.05, 3.63) is 48.2 Å². The predicted octanol–water partition coefficient (Wildman–Crippen LogP) is 3.78. The predicted molar refractivity (Wildman–Crippen MR) is 95.4 cm³/mol. The van der Waals surface area contributed by atoms with Crippen molar-refractivity contribution in [3.63, 3.8) is 0 Å². The van der Waals surface area contributed by atoms with Crippen LogP contribution in [-0.4, -0.2) is 39.4 Å². The van der Waals surface area contributed by atoms with Gasteiger partial charge in [-0.05, 0) is 37.1 Å². The number of piperidine rings is 1. The molecule has 0 amide bonds. The van der Waals surface area contributed by atoms with Crippen LogP contribution < -0.4 is 4.90 Å². The van der Waals surface area contributed by atoms with E-state index in [-0.39, 0.29) is 23.4 Å². The van der Waals surface area contributed by atoms with Crippen molar-refractivity contribution in [2.75, 3.05) is 18.0 Å². The molecule has 1 fully saturated rings. The van der Waals surface area contributed by atoms with Gasteiger partial charge in [-0.25, -0.2) is 4.98 Å². The molecule has 0 radical (unpaired) electrons. The number of anilines is 1. The topological polar surface area (TPSA) is 75.3 Å². The molecule has 28 heavy (non-hydrogen) atoms. The Morgan fingerprint density at radius 1 is 1.07 bits per heavy atom. The van der Waals surface area contributed by atoms with Crippen molar-refractivity contribution in [1.82, 2.24) is 15.1 Å². The summed E-state index contributed by atoms with van der Waals surface area (Å²) in [4.78, 5) is 10.7. The minimum atomic E-state index is -4.44. The molecule has 3 heterocycles. The van der Waals surface area contributed by atoms with Crippen LogP contribution in [0.4, 0.5) is 19.0 Å². The molecule has 1 aliphatic rings. The SMILES string of the molecule is OC1CCN(c2ccc(-c3nc(-c4cccc(C(F)(F)F)c4)no3)cn2)CC1. The molecule has 2 aromatic heterocycles. The lowest BCUT2D eigenvalue weighted by molar-refractivity contribution is -0.137. The van der Waals surface area contributed by atoms with Crippen LogP contribution in [0.15, 0.2) is 47.1 Å². The number of pyridine rings is 1. The van der Waals surface area contributed by atoms with Crippen LogP contribution in [0, 0.1) is 0 Å². The fourth-order valence-corrected chi connectivity index (χ4v) is 3.09. The largest absolute Gasteiger partial charge is 0.416 e. The van der Waals surface area contributed by atoms with Crippen molar-refractivity contribution < 1.29 is 22.8 Å². The number of halogens is 3. The second-order valence-electron chi connectivity index (χ2n) is 6.62. The quantitative estimate of drug-likeness (QED) is 0.734. The van der Waals surface area contributed by atoms with E-state index in [1.807, 2.05) is 6.07 Å². The van der Waals surface area contributed by atoms with Gasteiger partial charge in [0.1, 0.15) is 5.82 Å². The van der Waals surface area contributed by atoms with Gasteiger partial charge in [0, 0.05) is 24.8 Å². The van der Waals surface area contributed by atoms with Crippen LogP contribution in [0.1, 0.15) is 18.4 Å². The lowest BCUT2D eigenvalue weighted by Gasteiger charge is -2.30. The smallest absolute Gasteiger partial charge is 0.393 e. The molecule has 1 aliphatic heterocycles. The lowest BCUT2D eigenvalue weighted by atomic mass is 10.1. The van der Waals surface area contributed by atoms with Gasteiger partial charge < -0.3 is 14.5 Å². The van der Waals surface area contributed by atoms with Gasteiger partial charge in [0.05, 0.1) is 17.2 Å². The molecule has 1 N–H and O–H groups in total. The Morgan fingerprint density at radius 2 is 1.86 bits per heavy atom. The van der Waals surface area contributed by atoms with Crippen LogP contribution in [0.25, 0.3) is 22.8 Å². The van der Waals surface area contributed by atoms with Crippen LogP contribution in [-0.2, 0) is 6.18 Å². The monoisotopic (exact) mass is 390 g/mol. The Bertz CT molecular complexity index is 948. The molecule has 1 saturated heterocycles. The molecule has 6 nitrogen and oxygen atoms in total. The van der Waals surface area contributed by atoms with Crippen molar-refractivity contribution in [2.45, 2.75) is 25.1 Å². The zero-order chi connectivity index (χ0) is 19.7. The first-order chi connectivity index (χ1) is 13.4. The Labute approximate surface area is 158 Å². The number of aromatic nitrogens is 3. The normalized spacial score (nSPS) is 15.8. The summed E-state index contributed by atoms with van der Waals surface area (Å²) in [6.07, 6.45) is -1.71. The summed E-state index contributed by atoms with van der Waals surface area (Å²) in [5.74, 6) is 1.05. The lowest BCUT2D eigenvalue weighted by Crippen LogP contribution is -2.36. The molecule has 1 aromatic carbocycles. The van der Waals surface area contributed by atoms with Crippen molar-refractivity contribution in [2.24, 2.45) is 0 Å². The maximum Gasteiger partial charge on any atom is 0.416 e. The first-order valence-corrected chi connectivity index (χ1v) is 8.81. The highest BCUT2D eigenvalue weighted by molar-refractivity contribution is 5.61. The number of alkyl halides is 3. The van der Waals surface area contributed by atoms with E-state index in [2.05, 4.69) is 20.0 Å². The van der Waals surface area contributed by atoms with Crippen LogP contribution in [0.2, 0.25) is 0 Å². The van der Waals surface area contributed by atoms with E-state index in [0.29, 0.717) is 18.4 Å². The number of nitrogens with zero attached hydrogens (tertiary/aromatic N) is 4. The molecule has 0 bridgehead atoms. The average molecular weight is 390 g/mol. The van der Waals surface area contributed by atoms with Gasteiger partial charge in [-0.1, -0.05) is 17.3 Å². The number of hydrogen-bond donors (Lipinski definition) is 1.